The van der Waals surface area contributed by atoms with Gasteiger partial charge in [0.15, 0.2) is 17.5 Å². The predicted octanol–water partition coefficient (Wildman–Crippen LogP) is 3.03. The third-order valence-electron chi connectivity index (χ3n) is 4.12. The Balaban J connectivity index is 2.05. The molecule has 0 aliphatic carbocycles. The second-order valence-electron chi connectivity index (χ2n) is 6.07. The van der Waals surface area contributed by atoms with Gasteiger partial charge in [-0.05, 0) is 31.0 Å². The molecule has 0 spiro atoms. The quantitative estimate of drug-likeness (QED) is 0.574. The maximum absolute atomic E-state index is 10.2. The Labute approximate surface area is 160 Å². The molecule has 0 unspecified atom stereocenters. The van der Waals surface area contributed by atoms with Gasteiger partial charge in [0, 0.05) is 39.1 Å². The van der Waals surface area contributed by atoms with Gasteiger partial charge in [-0.25, -0.2) is 0 Å². The fraction of sp³-hybridized carbons (Fsp3) is 0.421. The maximum atomic E-state index is 10.2. The molecule has 0 fully saturated rings. The number of aromatic nitrogens is 1. The molecule has 0 amide bonds. The number of hydrogen-bond acceptors (Lipinski definition) is 3. The number of halogens is 1. The van der Waals surface area contributed by atoms with Gasteiger partial charge in [-0.15, -0.1) is 0 Å². The number of aryl methyl sites for hydroxylation is 1. The molecule has 1 aromatic carbocycles. The topological polar surface area (TPSA) is 62.0 Å². The van der Waals surface area contributed by atoms with Gasteiger partial charge in [-0.3, -0.25) is 4.99 Å². The highest BCUT2D eigenvalue weighted by atomic mass is 35.5. The van der Waals surface area contributed by atoms with Gasteiger partial charge in [0.05, 0.1) is 18.7 Å². The van der Waals surface area contributed by atoms with E-state index in [1.807, 2.05) is 50.0 Å². The van der Waals surface area contributed by atoms with Gasteiger partial charge in [0.25, 0.3) is 0 Å². The van der Waals surface area contributed by atoms with E-state index < -0.39 is 0 Å². The summed E-state index contributed by atoms with van der Waals surface area (Å²) in [5.41, 5.74) is 1.93. The van der Waals surface area contributed by atoms with Gasteiger partial charge in [0.1, 0.15) is 0 Å². The van der Waals surface area contributed by atoms with Crippen molar-refractivity contribution in [1.82, 2.24) is 14.8 Å². The molecule has 1 aromatic heterocycles. The van der Waals surface area contributed by atoms with Crippen LogP contribution in [0.5, 0.6) is 11.5 Å². The van der Waals surface area contributed by atoms with E-state index in [2.05, 4.69) is 15.2 Å². The zero-order chi connectivity index (χ0) is 19.1. The Morgan fingerprint density at radius 2 is 2.19 bits per heavy atom. The number of guanidine groups is 1. The first-order valence-electron chi connectivity index (χ1n) is 8.61. The lowest BCUT2D eigenvalue weighted by Gasteiger charge is -2.22. The Morgan fingerprint density at radius 1 is 1.42 bits per heavy atom. The van der Waals surface area contributed by atoms with Crippen LogP contribution < -0.4 is 10.1 Å². The van der Waals surface area contributed by atoms with Crippen LogP contribution in [0.25, 0.3) is 0 Å². The lowest BCUT2D eigenvalue weighted by molar-refractivity contribution is 0.370. The molecule has 0 bridgehead atoms. The molecule has 0 atom stereocenters. The molecule has 6 nitrogen and oxygen atoms in total. The van der Waals surface area contributed by atoms with Crippen molar-refractivity contribution in [2.75, 3.05) is 27.2 Å². The average molecular weight is 379 g/mol. The zero-order valence-electron chi connectivity index (χ0n) is 15.8. The van der Waals surface area contributed by atoms with Crippen LogP contribution in [-0.2, 0) is 20.0 Å². The smallest absolute Gasteiger partial charge is 0.194 e. The fourth-order valence-electron chi connectivity index (χ4n) is 2.73. The average Bonchev–Trinajstić information content (AvgIpc) is 2.92. The lowest BCUT2D eigenvalue weighted by Crippen LogP contribution is -2.39. The first-order valence-corrected chi connectivity index (χ1v) is 8.99. The minimum absolute atomic E-state index is 0.182. The predicted molar refractivity (Wildman–Crippen MR) is 106 cm³/mol. The molecule has 7 heteroatoms. The van der Waals surface area contributed by atoms with Crippen LogP contribution in [0.4, 0.5) is 0 Å². The summed E-state index contributed by atoms with van der Waals surface area (Å²) in [5.74, 6) is 1.48. The van der Waals surface area contributed by atoms with Crippen molar-refractivity contribution in [2.45, 2.75) is 19.9 Å². The number of nitrogens with zero attached hydrogens (tertiary/aromatic N) is 3. The van der Waals surface area contributed by atoms with E-state index >= 15 is 0 Å². The number of para-hydroxylation sites is 1. The molecule has 2 aromatic rings. The lowest BCUT2D eigenvalue weighted by atomic mass is 10.1. The third-order valence-corrected chi connectivity index (χ3v) is 4.32. The number of nitrogens with one attached hydrogen (secondary N) is 1. The molecular formula is C19H27ClN4O2. The van der Waals surface area contributed by atoms with Crippen molar-refractivity contribution in [3.05, 3.63) is 46.7 Å². The fourth-order valence-corrected chi connectivity index (χ4v) is 3.00. The number of ether oxygens (including phenoxy) is 1. The Hall–Kier alpha value is -2.34. The first kappa shape index (κ1) is 20.0. The number of phenols is 1. The number of rotatable bonds is 7. The molecule has 0 aliphatic heterocycles. The third kappa shape index (κ3) is 5.08. The number of benzene rings is 1. The van der Waals surface area contributed by atoms with Crippen LogP contribution >= 0.6 is 11.6 Å². The van der Waals surface area contributed by atoms with E-state index in [4.69, 9.17) is 16.3 Å². The van der Waals surface area contributed by atoms with Crippen molar-refractivity contribution in [3.8, 4) is 11.5 Å². The highest BCUT2D eigenvalue weighted by Gasteiger charge is 2.11. The van der Waals surface area contributed by atoms with Crippen LogP contribution in [-0.4, -0.2) is 47.8 Å². The second kappa shape index (κ2) is 9.38. The maximum Gasteiger partial charge on any atom is 0.194 e. The van der Waals surface area contributed by atoms with E-state index in [1.54, 1.807) is 13.2 Å². The molecule has 0 saturated carbocycles. The molecule has 0 radical (unpaired) electrons. The van der Waals surface area contributed by atoms with E-state index in [9.17, 15) is 5.11 Å². The molecule has 0 aliphatic rings. The summed E-state index contributed by atoms with van der Waals surface area (Å²) in [6.45, 7) is 4.07. The summed E-state index contributed by atoms with van der Waals surface area (Å²) >= 11 is 6.06. The van der Waals surface area contributed by atoms with E-state index in [0.717, 1.165) is 28.8 Å². The molecule has 2 N–H and O–H groups in total. The first-order chi connectivity index (χ1) is 12.5. The van der Waals surface area contributed by atoms with Crippen LogP contribution in [0.1, 0.15) is 18.2 Å². The number of hydrogen-bond donors (Lipinski definition) is 2. The Morgan fingerprint density at radius 3 is 2.81 bits per heavy atom. The largest absolute Gasteiger partial charge is 0.504 e. The monoisotopic (exact) mass is 378 g/mol. The van der Waals surface area contributed by atoms with Crippen molar-refractivity contribution in [1.29, 1.82) is 0 Å². The summed E-state index contributed by atoms with van der Waals surface area (Å²) in [6.07, 6.45) is 2.52. The highest BCUT2D eigenvalue weighted by molar-refractivity contribution is 6.30. The van der Waals surface area contributed by atoms with Crippen molar-refractivity contribution >= 4 is 17.6 Å². The molecule has 142 valence electrons. The van der Waals surface area contributed by atoms with Gasteiger partial charge < -0.3 is 24.6 Å². The highest BCUT2D eigenvalue weighted by Crippen LogP contribution is 2.29. The van der Waals surface area contributed by atoms with Crippen molar-refractivity contribution in [3.63, 3.8) is 0 Å². The summed E-state index contributed by atoms with van der Waals surface area (Å²) in [7, 11) is 5.52. The van der Waals surface area contributed by atoms with Crippen LogP contribution in [0, 0.1) is 0 Å². The van der Waals surface area contributed by atoms with Crippen LogP contribution in [0.3, 0.4) is 0 Å². The van der Waals surface area contributed by atoms with Crippen molar-refractivity contribution < 1.29 is 9.84 Å². The molecule has 26 heavy (non-hydrogen) atoms. The normalized spacial score (nSPS) is 11.5. The van der Waals surface area contributed by atoms with Crippen LogP contribution in [0.15, 0.2) is 35.5 Å². The summed E-state index contributed by atoms with van der Waals surface area (Å²) in [6, 6.07) is 7.45. The molecule has 0 saturated heterocycles. The standard InChI is InChI=1S/C19H27ClN4O2/c1-5-21-19(24(3)13-16-11-15(20)12-23(16)2)22-10-9-14-7-6-8-17(26-4)18(14)25/h6-8,11-12,25H,5,9-10,13H2,1-4H3,(H,21,22). The second-order valence-corrected chi connectivity index (χ2v) is 6.51. The minimum atomic E-state index is 0.182. The summed E-state index contributed by atoms with van der Waals surface area (Å²) < 4.78 is 7.16. The van der Waals surface area contributed by atoms with Gasteiger partial charge in [-0.1, -0.05) is 23.7 Å². The van der Waals surface area contributed by atoms with E-state index in [1.165, 1.54) is 0 Å². The molecule has 2 rings (SSSR count). The zero-order valence-corrected chi connectivity index (χ0v) is 16.5. The van der Waals surface area contributed by atoms with Gasteiger partial charge >= 0.3 is 0 Å². The minimum Gasteiger partial charge on any atom is -0.504 e. The van der Waals surface area contributed by atoms with Crippen LogP contribution in [0.2, 0.25) is 5.02 Å². The van der Waals surface area contributed by atoms with E-state index in [-0.39, 0.29) is 5.75 Å². The molecule has 1 heterocycles. The summed E-state index contributed by atoms with van der Waals surface area (Å²) in [5, 5.41) is 14.2. The van der Waals surface area contributed by atoms with Gasteiger partial charge in [0.2, 0.25) is 0 Å². The SMILES string of the molecule is CCNC(=NCCc1cccc(OC)c1O)N(C)Cc1cc(Cl)cn1C. The number of aliphatic imine (C=N–C) groups is 1. The number of aromatic hydroxyl groups is 1. The Kier molecular flexibility index (Phi) is 7.21. The van der Waals surface area contributed by atoms with Crippen molar-refractivity contribution in [2.24, 2.45) is 12.0 Å². The number of methoxy groups -OCH3 is 1. The molecular weight excluding hydrogens is 352 g/mol. The van der Waals surface area contributed by atoms with Gasteiger partial charge in [-0.2, -0.15) is 0 Å². The Bertz CT molecular complexity index is 758. The van der Waals surface area contributed by atoms with E-state index in [0.29, 0.717) is 25.3 Å². The summed E-state index contributed by atoms with van der Waals surface area (Å²) in [4.78, 5) is 6.73. The number of phenolic OH excluding ortho intramolecular Hbond substituents is 1.